The summed E-state index contributed by atoms with van der Waals surface area (Å²) in [7, 11) is -3.92. The Kier molecular flexibility index (Phi) is 13.6. The Morgan fingerprint density at radius 1 is 0.936 bits per heavy atom. The lowest BCUT2D eigenvalue weighted by atomic mass is 9.61. The number of rotatable bonds is 12. The zero-order valence-corrected chi connectivity index (χ0v) is 35.4. The van der Waals surface area contributed by atoms with Crippen LogP contribution in [0.25, 0.3) is 0 Å². The van der Waals surface area contributed by atoms with Gasteiger partial charge in [-0.25, -0.2) is 0 Å². The van der Waals surface area contributed by atoms with Crippen LogP contribution in [-0.4, -0.2) is 40.1 Å². The minimum atomic E-state index is -1.99. The van der Waals surface area contributed by atoms with Crippen molar-refractivity contribution < 1.29 is 14.0 Å². The fraction of sp³-hybridized carbons (Fsp3) is 0.810. The molecule has 3 fully saturated rings. The van der Waals surface area contributed by atoms with Gasteiger partial charge in [-0.15, -0.1) is 0 Å². The van der Waals surface area contributed by atoms with E-state index in [1.165, 1.54) is 43.3 Å². The SMILES string of the molecule is C=C1/C(=C/C=C2CCC[C@]3(C)[C@@H]([C@H](C)C=C[C@H](O)CC(CC)CC)CC[C@@H]23)C[C@@H](O[Si](C)(C)C(C)(C)C)C[C@@H]1O[Si](C)(C)C(C)(C)C. The highest BCUT2D eigenvalue weighted by Gasteiger charge is 2.50. The molecule has 3 rings (SSSR count). The van der Waals surface area contributed by atoms with Gasteiger partial charge in [-0.05, 0) is 121 Å². The van der Waals surface area contributed by atoms with E-state index in [1.807, 2.05) is 0 Å². The maximum absolute atomic E-state index is 10.7. The Morgan fingerprint density at radius 2 is 1.53 bits per heavy atom. The van der Waals surface area contributed by atoms with Crippen molar-refractivity contribution in [3.05, 3.63) is 47.6 Å². The zero-order valence-electron chi connectivity index (χ0n) is 33.4. The highest BCUT2D eigenvalue weighted by Crippen LogP contribution is 2.59. The summed E-state index contributed by atoms with van der Waals surface area (Å²) in [5.41, 5.74) is 4.47. The minimum absolute atomic E-state index is 0.0180. The third kappa shape index (κ3) is 9.74. The summed E-state index contributed by atoms with van der Waals surface area (Å²) < 4.78 is 14.2. The molecule has 270 valence electrons. The van der Waals surface area contributed by atoms with Crippen molar-refractivity contribution in [1.82, 2.24) is 0 Å². The lowest BCUT2D eigenvalue weighted by Crippen LogP contribution is -2.49. The van der Waals surface area contributed by atoms with Crippen molar-refractivity contribution in [2.24, 2.45) is 29.1 Å². The summed E-state index contributed by atoms with van der Waals surface area (Å²) in [6, 6.07) is 0. The molecular weight excluding hydrogens is 609 g/mol. The third-order valence-electron chi connectivity index (χ3n) is 13.8. The van der Waals surface area contributed by atoms with Gasteiger partial charge >= 0.3 is 0 Å². The molecule has 0 aromatic rings. The summed E-state index contributed by atoms with van der Waals surface area (Å²) in [6.45, 7) is 37.7. The van der Waals surface area contributed by atoms with Gasteiger partial charge in [-0.3, -0.25) is 0 Å². The van der Waals surface area contributed by atoms with Crippen molar-refractivity contribution in [1.29, 1.82) is 0 Å². The van der Waals surface area contributed by atoms with Crippen molar-refractivity contribution in [3.63, 3.8) is 0 Å². The van der Waals surface area contributed by atoms with Gasteiger partial charge in [0.25, 0.3) is 0 Å². The normalized spacial score (nSPS) is 31.3. The Bertz CT molecular complexity index is 1150. The first-order chi connectivity index (χ1) is 21.6. The zero-order chi connectivity index (χ0) is 35.6. The standard InChI is InChI=1S/C42H76O3Si2/c1-16-32(17-2)27-35(43)23-20-30(3)37-24-25-38-33(19-18-26-42(37,38)11)21-22-34-28-36(44-46(12,13)40(5,6)7)29-39(31(34)4)45-47(14,15)41(8,9)10/h20-23,30,32,35-39,43H,4,16-19,24-29H2,1-3,5-15H3/b23-20?,33-21?,34-22+/t30-,35+,36-,37-,38+,39+,42-/m1/s1. The summed E-state index contributed by atoms with van der Waals surface area (Å²) in [5.74, 6) is 2.40. The largest absolute Gasteiger partial charge is 0.413 e. The van der Waals surface area contributed by atoms with Crippen molar-refractivity contribution in [2.75, 3.05) is 0 Å². The highest BCUT2D eigenvalue weighted by molar-refractivity contribution is 6.74. The van der Waals surface area contributed by atoms with Crippen LogP contribution in [-0.2, 0) is 8.85 Å². The number of fused-ring (bicyclic) bond motifs is 1. The molecule has 0 amide bonds. The van der Waals surface area contributed by atoms with Crippen LogP contribution < -0.4 is 0 Å². The number of allylic oxidation sites excluding steroid dienone is 4. The van der Waals surface area contributed by atoms with E-state index in [0.717, 1.165) is 32.1 Å². The number of aliphatic hydroxyl groups is 1. The highest BCUT2D eigenvalue weighted by atomic mass is 28.4. The first-order valence-electron chi connectivity index (χ1n) is 19.4. The Labute approximate surface area is 294 Å². The van der Waals surface area contributed by atoms with Crippen LogP contribution in [0.5, 0.6) is 0 Å². The van der Waals surface area contributed by atoms with Crippen LogP contribution in [0.4, 0.5) is 0 Å². The first-order valence-corrected chi connectivity index (χ1v) is 25.2. The molecule has 5 heteroatoms. The van der Waals surface area contributed by atoms with Gasteiger partial charge in [-0.1, -0.05) is 119 Å². The van der Waals surface area contributed by atoms with E-state index in [-0.39, 0.29) is 28.4 Å². The maximum atomic E-state index is 10.7. The summed E-state index contributed by atoms with van der Waals surface area (Å²) in [5, 5.41) is 11.1. The van der Waals surface area contributed by atoms with E-state index >= 15 is 0 Å². The van der Waals surface area contributed by atoms with E-state index in [2.05, 4.69) is 120 Å². The first kappa shape index (κ1) is 40.7. The molecule has 3 aliphatic carbocycles. The molecule has 3 saturated carbocycles. The second-order valence-corrected chi connectivity index (χ2v) is 28.6. The van der Waals surface area contributed by atoms with Crippen LogP contribution >= 0.6 is 0 Å². The molecular formula is C42H76O3Si2. The fourth-order valence-corrected chi connectivity index (χ4v) is 11.1. The molecule has 0 spiro atoms. The molecule has 0 radical (unpaired) electrons. The summed E-state index contributed by atoms with van der Waals surface area (Å²) in [6.07, 6.45) is 20.6. The molecule has 0 heterocycles. The van der Waals surface area contributed by atoms with Gasteiger partial charge in [0.15, 0.2) is 16.6 Å². The van der Waals surface area contributed by atoms with E-state index in [1.54, 1.807) is 5.57 Å². The summed E-state index contributed by atoms with van der Waals surface area (Å²) in [4.78, 5) is 0. The molecule has 7 atom stereocenters. The van der Waals surface area contributed by atoms with Crippen molar-refractivity contribution >= 4 is 16.6 Å². The average Bonchev–Trinajstić information content (AvgIpc) is 3.31. The van der Waals surface area contributed by atoms with Crippen molar-refractivity contribution in [2.45, 2.75) is 188 Å². The van der Waals surface area contributed by atoms with Crippen molar-refractivity contribution in [3.8, 4) is 0 Å². The summed E-state index contributed by atoms with van der Waals surface area (Å²) >= 11 is 0. The van der Waals surface area contributed by atoms with Gasteiger partial charge in [0.05, 0.1) is 18.3 Å². The molecule has 0 bridgehead atoms. The molecule has 3 aliphatic rings. The Balaban J connectivity index is 1.86. The molecule has 0 aromatic heterocycles. The van der Waals surface area contributed by atoms with Gasteiger partial charge in [0.1, 0.15) is 0 Å². The number of hydrogen-bond acceptors (Lipinski definition) is 3. The molecule has 1 N–H and O–H groups in total. The molecule has 47 heavy (non-hydrogen) atoms. The smallest absolute Gasteiger partial charge is 0.192 e. The van der Waals surface area contributed by atoms with E-state index < -0.39 is 16.6 Å². The quantitative estimate of drug-likeness (QED) is 0.164. The minimum Gasteiger partial charge on any atom is -0.413 e. The molecule has 0 saturated heterocycles. The van der Waals surface area contributed by atoms with Crippen LogP contribution in [0.2, 0.25) is 36.3 Å². The van der Waals surface area contributed by atoms with Gasteiger partial charge in [0.2, 0.25) is 0 Å². The van der Waals surface area contributed by atoms with Gasteiger partial charge < -0.3 is 14.0 Å². The topological polar surface area (TPSA) is 38.7 Å². The molecule has 3 nitrogen and oxygen atoms in total. The Hall–Kier alpha value is -0.726. The molecule has 0 aromatic carbocycles. The average molecular weight is 685 g/mol. The van der Waals surface area contributed by atoms with E-state index in [0.29, 0.717) is 29.1 Å². The second kappa shape index (κ2) is 15.7. The predicted molar refractivity (Wildman–Crippen MR) is 210 cm³/mol. The molecule has 0 unspecified atom stereocenters. The van der Waals surface area contributed by atoms with E-state index in [4.69, 9.17) is 15.4 Å². The van der Waals surface area contributed by atoms with Crippen LogP contribution in [0.3, 0.4) is 0 Å². The monoisotopic (exact) mass is 685 g/mol. The van der Waals surface area contributed by atoms with Gasteiger partial charge in [0, 0.05) is 6.42 Å². The van der Waals surface area contributed by atoms with Gasteiger partial charge in [-0.2, -0.15) is 0 Å². The second-order valence-electron chi connectivity index (χ2n) is 19.1. The Morgan fingerprint density at radius 3 is 2.11 bits per heavy atom. The predicted octanol–water partition coefficient (Wildman–Crippen LogP) is 12.6. The number of hydrogen-bond donors (Lipinski definition) is 1. The van der Waals surface area contributed by atoms with Crippen LogP contribution in [0.1, 0.15) is 133 Å². The number of aliphatic hydroxyl groups excluding tert-OH is 1. The lowest BCUT2D eigenvalue weighted by molar-refractivity contribution is 0.0969. The van der Waals surface area contributed by atoms with Crippen LogP contribution in [0, 0.1) is 29.1 Å². The lowest BCUT2D eigenvalue weighted by Gasteiger charge is -2.45. The third-order valence-corrected chi connectivity index (χ3v) is 22.8. The molecule has 0 aliphatic heterocycles. The van der Waals surface area contributed by atoms with Crippen LogP contribution in [0.15, 0.2) is 47.6 Å². The fourth-order valence-electron chi connectivity index (χ4n) is 8.39. The maximum Gasteiger partial charge on any atom is 0.192 e. The van der Waals surface area contributed by atoms with E-state index in [9.17, 15) is 5.11 Å².